The molecular weight excluding hydrogens is 458 g/mol. The number of rotatable bonds is 5. The van der Waals surface area contributed by atoms with Crippen molar-refractivity contribution >= 4 is 44.2 Å². The number of likely N-dealkylation sites (N-methyl/N-ethyl adjacent to an activating group) is 1. The molecule has 0 aromatic heterocycles. The number of ether oxygens (including phenoxy) is 1. The monoisotopic (exact) mass is 481 g/mol. The van der Waals surface area contributed by atoms with Crippen molar-refractivity contribution in [1.29, 1.82) is 0 Å². The Kier molecular flexibility index (Phi) is 6.53. The molecule has 0 spiro atoms. The first-order chi connectivity index (χ1) is 15.0. The molecular formula is C24H24BrN3O3. The summed E-state index contributed by atoms with van der Waals surface area (Å²) in [6, 6.07) is 18.8. The number of carbonyl (C=O) groups excluding carboxylic acids is 2. The third-order valence-electron chi connectivity index (χ3n) is 5.37. The van der Waals surface area contributed by atoms with E-state index in [1.807, 2.05) is 41.3 Å². The van der Waals surface area contributed by atoms with E-state index in [-0.39, 0.29) is 18.4 Å². The minimum absolute atomic E-state index is 0.0134. The number of anilines is 1. The van der Waals surface area contributed by atoms with Crippen LogP contribution in [0.5, 0.6) is 5.75 Å². The lowest BCUT2D eigenvalue weighted by Gasteiger charge is -2.32. The van der Waals surface area contributed by atoms with E-state index < -0.39 is 0 Å². The van der Waals surface area contributed by atoms with Crippen molar-refractivity contribution in [3.63, 3.8) is 0 Å². The Morgan fingerprint density at radius 2 is 1.77 bits per heavy atom. The topological polar surface area (TPSA) is 61.9 Å². The Hall–Kier alpha value is -2.90. The normalized spacial score (nSPS) is 14.5. The van der Waals surface area contributed by atoms with E-state index in [1.54, 1.807) is 24.3 Å². The number of piperazine rings is 1. The van der Waals surface area contributed by atoms with Gasteiger partial charge in [-0.1, -0.05) is 36.4 Å². The Balaban J connectivity index is 1.37. The summed E-state index contributed by atoms with van der Waals surface area (Å²) < 4.78 is 6.54. The summed E-state index contributed by atoms with van der Waals surface area (Å²) in [6.45, 7) is 3.02. The molecule has 0 atom stereocenters. The fraction of sp³-hybridized carbons (Fsp3) is 0.250. The smallest absolute Gasteiger partial charge is 0.262 e. The molecule has 1 saturated heterocycles. The van der Waals surface area contributed by atoms with Gasteiger partial charge in [0, 0.05) is 37.4 Å². The minimum atomic E-state index is -0.288. The molecule has 0 bridgehead atoms. The third kappa shape index (κ3) is 5.06. The van der Waals surface area contributed by atoms with Crippen molar-refractivity contribution in [1.82, 2.24) is 9.80 Å². The van der Waals surface area contributed by atoms with Gasteiger partial charge >= 0.3 is 0 Å². The van der Waals surface area contributed by atoms with Crippen LogP contribution >= 0.6 is 15.9 Å². The number of hydrogen-bond donors (Lipinski definition) is 1. The quantitative estimate of drug-likeness (QED) is 0.597. The van der Waals surface area contributed by atoms with Crippen LogP contribution in [0.4, 0.5) is 5.69 Å². The summed E-state index contributed by atoms with van der Waals surface area (Å²) in [6.07, 6.45) is 0. The second-order valence-electron chi connectivity index (χ2n) is 7.61. The Morgan fingerprint density at radius 1 is 1.00 bits per heavy atom. The third-order valence-corrected chi connectivity index (χ3v) is 6.19. The van der Waals surface area contributed by atoms with E-state index in [0.29, 0.717) is 30.1 Å². The summed E-state index contributed by atoms with van der Waals surface area (Å²) in [5.74, 6) is 0.303. The number of hydrogen-bond acceptors (Lipinski definition) is 4. The van der Waals surface area contributed by atoms with Crippen LogP contribution in [0.25, 0.3) is 10.8 Å². The second-order valence-corrected chi connectivity index (χ2v) is 8.40. The van der Waals surface area contributed by atoms with Crippen molar-refractivity contribution in [3.05, 3.63) is 70.7 Å². The number of halogens is 1. The standard InChI is InChI=1S/C24H24BrN3O3/c1-27-11-13-28(14-12-27)24(30)18-6-4-7-19(15-18)26-22(29)16-31-21-10-9-17-5-2-3-8-20(17)23(21)25/h2-10,15H,11-14,16H2,1H3,(H,26,29). The highest BCUT2D eigenvalue weighted by molar-refractivity contribution is 9.10. The van der Waals surface area contributed by atoms with Crippen molar-refractivity contribution in [2.75, 3.05) is 45.2 Å². The van der Waals surface area contributed by atoms with Crippen molar-refractivity contribution < 1.29 is 14.3 Å². The average molecular weight is 482 g/mol. The van der Waals surface area contributed by atoms with E-state index in [1.165, 1.54) is 0 Å². The molecule has 0 aliphatic carbocycles. The van der Waals surface area contributed by atoms with Gasteiger partial charge in [-0.25, -0.2) is 0 Å². The molecule has 160 valence electrons. The zero-order valence-corrected chi connectivity index (χ0v) is 18.9. The molecule has 6 nitrogen and oxygen atoms in total. The van der Waals surface area contributed by atoms with Crippen LogP contribution in [0.1, 0.15) is 10.4 Å². The second kappa shape index (κ2) is 9.49. The maximum Gasteiger partial charge on any atom is 0.262 e. The Labute approximate surface area is 189 Å². The molecule has 0 saturated carbocycles. The lowest BCUT2D eigenvalue weighted by atomic mass is 10.1. The summed E-state index contributed by atoms with van der Waals surface area (Å²) in [7, 11) is 2.05. The number of nitrogens with zero attached hydrogens (tertiary/aromatic N) is 2. The molecule has 3 aromatic rings. The molecule has 4 rings (SSSR count). The molecule has 2 amide bonds. The van der Waals surface area contributed by atoms with Gasteiger partial charge in [0.05, 0.1) is 4.47 Å². The molecule has 1 N–H and O–H groups in total. The molecule has 1 aliphatic heterocycles. The van der Waals surface area contributed by atoms with E-state index in [0.717, 1.165) is 28.3 Å². The lowest BCUT2D eigenvalue weighted by molar-refractivity contribution is -0.118. The fourth-order valence-corrected chi connectivity index (χ4v) is 4.20. The van der Waals surface area contributed by atoms with Gasteiger partial charge in [0.1, 0.15) is 5.75 Å². The highest BCUT2D eigenvalue weighted by Gasteiger charge is 2.20. The Bertz CT molecular complexity index is 1110. The predicted molar refractivity (Wildman–Crippen MR) is 126 cm³/mol. The van der Waals surface area contributed by atoms with Crippen molar-refractivity contribution in [2.24, 2.45) is 0 Å². The summed E-state index contributed by atoms with van der Waals surface area (Å²) in [4.78, 5) is 29.2. The molecule has 1 heterocycles. The van der Waals surface area contributed by atoms with Crippen LogP contribution in [-0.2, 0) is 4.79 Å². The summed E-state index contributed by atoms with van der Waals surface area (Å²) in [5.41, 5.74) is 1.15. The first-order valence-electron chi connectivity index (χ1n) is 10.2. The average Bonchev–Trinajstić information content (AvgIpc) is 2.79. The summed E-state index contributed by atoms with van der Waals surface area (Å²) >= 11 is 3.56. The van der Waals surface area contributed by atoms with Gasteiger partial charge in [-0.3, -0.25) is 9.59 Å². The number of amides is 2. The number of nitrogens with one attached hydrogen (secondary N) is 1. The zero-order chi connectivity index (χ0) is 21.8. The molecule has 1 fully saturated rings. The molecule has 31 heavy (non-hydrogen) atoms. The number of fused-ring (bicyclic) bond motifs is 1. The van der Waals surface area contributed by atoms with Crippen LogP contribution in [-0.4, -0.2) is 61.4 Å². The van der Waals surface area contributed by atoms with Gasteiger partial charge in [-0.05, 0) is 58.0 Å². The SMILES string of the molecule is CN1CCN(C(=O)c2cccc(NC(=O)COc3ccc4ccccc4c3Br)c2)CC1. The van der Waals surface area contributed by atoms with E-state index in [4.69, 9.17) is 4.74 Å². The summed E-state index contributed by atoms with van der Waals surface area (Å²) in [5, 5.41) is 4.93. The first kappa shape index (κ1) is 21.3. The van der Waals surface area contributed by atoms with Gasteiger partial charge in [-0.15, -0.1) is 0 Å². The van der Waals surface area contributed by atoms with E-state index in [9.17, 15) is 9.59 Å². The maximum absolute atomic E-state index is 12.8. The van der Waals surface area contributed by atoms with Crippen molar-refractivity contribution in [3.8, 4) is 5.75 Å². The first-order valence-corrected chi connectivity index (χ1v) is 11.0. The van der Waals surface area contributed by atoms with Crippen LogP contribution < -0.4 is 10.1 Å². The fourth-order valence-electron chi connectivity index (χ4n) is 3.59. The molecule has 3 aromatic carbocycles. The number of carbonyl (C=O) groups is 2. The van der Waals surface area contributed by atoms with E-state index >= 15 is 0 Å². The Morgan fingerprint density at radius 3 is 2.58 bits per heavy atom. The van der Waals surface area contributed by atoms with Crippen LogP contribution in [0.3, 0.4) is 0 Å². The van der Waals surface area contributed by atoms with Crippen molar-refractivity contribution in [2.45, 2.75) is 0 Å². The van der Waals surface area contributed by atoms with Crippen LogP contribution in [0.2, 0.25) is 0 Å². The van der Waals surface area contributed by atoms with Gasteiger partial charge < -0.3 is 19.9 Å². The van der Waals surface area contributed by atoms with Crippen LogP contribution in [0.15, 0.2) is 65.1 Å². The molecule has 1 aliphatic rings. The molecule has 0 unspecified atom stereocenters. The van der Waals surface area contributed by atoms with Gasteiger partial charge in [-0.2, -0.15) is 0 Å². The highest BCUT2D eigenvalue weighted by atomic mass is 79.9. The highest BCUT2D eigenvalue weighted by Crippen LogP contribution is 2.33. The van der Waals surface area contributed by atoms with Gasteiger partial charge in [0.25, 0.3) is 11.8 Å². The lowest BCUT2D eigenvalue weighted by Crippen LogP contribution is -2.47. The molecule has 7 heteroatoms. The minimum Gasteiger partial charge on any atom is -0.483 e. The maximum atomic E-state index is 12.8. The van der Waals surface area contributed by atoms with E-state index in [2.05, 4.69) is 33.2 Å². The van der Waals surface area contributed by atoms with Crippen LogP contribution in [0, 0.1) is 0 Å². The number of benzene rings is 3. The zero-order valence-electron chi connectivity index (χ0n) is 17.3. The predicted octanol–water partition coefficient (Wildman–Crippen LogP) is 4.01. The largest absolute Gasteiger partial charge is 0.483 e. The van der Waals surface area contributed by atoms with Gasteiger partial charge in [0.15, 0.2) is 6.61 Å². The molecule has 0 radical (unpaired) electrons. The van der Waals surface area contributed by atoms with Gasteiger partial charge in [0.2, 0.25) is 0 Å².